The summed E-state index contributed by atoms with van der Waals surface area (Å²) in [5, 5.41) is 6.56. The third kappa shape index (κ3) is 3.16. The van der Waals surface area contributed by atoms with E-state index in [9.17, 15) is 0 Å². The number of thiazole rings is 1. The lowest BCUT2D eigenvalue weighted by molar-refractivity contribution is 1.000. The maximum absolute atomic E-state index is 4.53. The number of nitrogens with one attached hydrogen (secondary N) is 2. The van der Waals surface area contributed by atoms with Crippen LogP contribution in [0, 0.1) is 6.92 Å². The highest BCUT2D eigenvalue weighted by Crippen LogP contribution is 2.22. The van der Waals surface area contributed by atoms with Crippen LogP contribution in [0.15, 0.2) is 53.9 Å². The number of imidazole rings is 1. The van der Waals surface area contributed by atoms with Gasteiger partial charge in [-0.2, -0.15) is 0 Å². The van der Waals surface area contributed by atoms with Crippen LogP contribution in [-0.4, -0.2) is 21.5 Å². The molecule has 5 heteroatoms. The molecule has 0 aliphatic rings. The van der Waals surface area contributed by atoms with Gasteiger partial charge in [-0.1, -0.05) is 36.4 Å². The highest BCUT2D eigenvalue weighted by atomic mass is 32.1. The topological polar surface area (TPSA) is 53.6 Å². The van der Waals surface area contributed by atoms with Crippen molar-refractivity contribution >= 4 is 28.3 Å². The smallest absolute Gasteiger partial charge is 0.201 e. The summed E-state index contributed by atoms with van der Waals surface area (Å²) in [5.41, 5.74) is 5.58. The third-order valence-corrected chi connectivity index (χ3v) is 4.74. The number of anilines is 1. The fourth-order valence-electron chi connectivity index (χ4n) is 2.70. The number of hydrogen-bond acceptors (Lipinski definition) is 4. The molecule has 0 saturated carbocycles. The summed E-state index contributed by atoms with van der Waals surface area (Å²) >= 11 is 1.69. The minimum Gasteiger partial charge on any atom is -0.355 e. The van der Waals surface area contributed by atoms with Gasteiger partial charge in [0.1, 0.15) is 0 Å². The first-order chi connectivity index (χ1) is 11.8. The molecule has 0 radical (unpaired) electrons. The van der Waals surface area contributed by atoms with Crippen molar-refractivity contribution in [2.75, 3.05) is 11.9 Å². The molecular formula is C19H18N4S. The summed E-state index contributed by atoms with van der Waals surface area (Å²) < 4.78 is 0. The zero-order valence-electron chi connectivity index (χ0n) is 13.4. The SMILES string of the molecule is Cc1nc(-c2ccc(CCNc3nc4ccccc4[nH]3)cc2)cs1. The van der Waals surface area contributed by atoms with Crippen LogP contribution in [0.3, 0.4) is 0 Å². The van der Waals surface area contributed by atoms with Crippen molar-refractivity contribution in [1.29, 1.82) is 0 Å². The maximum Gasteiger partial charge on any atom is 0.201 e. The van der Waals surface area contributed by atoms with Crippen molar-refractivity contribution in [1.82, 2.24) is 15.0 Å². The lowest BCUT2D eigenvalue weighted by Gasteiger charge is -2.04. The Balaban J connectivity index is 1.37. The molecule has 0 saturated heterocycles. The fourth-order valence-corrected chi connectivity index (χ4v) is 3.32. The molecule has 0 unspecified atom stereocenters. The molecule has 0 aliphatic carbocycles. The molecule has 2 aromatic heterocycles. The molecule has 0 fully saturated rings. The summed E-state index contributed by atoms with van der Waals surface area (Å²) in [7, 11) is 0. The minimum absolute atomic E-state index is 0.825. The number of benzene rings is 2. The van der Waals surface area contributed by atoms with Crippen LogP contribution in [0.25, 0.3) is 22.3 Å². The molecule has 2 N–H and O–H groups in total. The van der Waals surface area contributed by atoms with E-state index >= 15 is 0 Å². The monoisotopic (exact) mass is 334 g/mol. The standard InChI is InChI=1S/C19H18N4S/c1-13-21-18(12-24-13)15-8-6-14(7-9-15)10-11-20-19-22-16-4-2-3-5-17(16)23-19/h2-9,12H,10-11H2,1H3,(H2,20,22,23). The number of aromatic amines is 1. The molecule has 4 rings (SSSR count). The van der Waals surface area contributed by atoms with Gasteiger partial charge in [0.15, 0.2) is 0 Å². The zero-order chi connectivity index (χ0) is 16.4. The number of fused-ring (bicyclic) bond motifs is 1. The first-order valence-corrected chi connectivity index (χ1v) is 8.86. The average Bonchev–Trinajstić information content (AvgIpc) is 3.21. The van der Waals surface area contributed by atoms with Gasteiger partial charge >= 0.3 is 0 Å². The number of rotatable bonds is 5. The highest BCUT2D eigenvalue weighted by molar-refractivity contribution is 7.09. The number of nitrogens with zero attached hydrogens (tertiary/aromatic N) is 2. The van der Waals surface area contributed by atoms with Crippen LogP contribution in [-0.2, 0) is 6.42 Å². The fraction of sp³-hybridized carbons (Fsp3) is 0.158. The van der Waals surface area contributed by atoms with Crippen molar-refractivity contribution in [2.45, 2.75) is 13.3 Å². The average molecular weight is 334 g/mol. The molecule has 4 aromatic rings. The van der Waals surface area contributed by atoms with Gasteiger partial charge in [0.25, 0.3) is 0 Å². The quantitative estimate of drug-likeness (QED) is 0.558. The Morgan fingerprint density at radius 3 is 2.62 bits per heavy atom. The molecular weight excluding hydrogens is 316 g/mol. The summed E-state index contributed by atoms with van der Waals surface area (Å²) in [6.07, 6.45) is 0.952. The van der Waals surface area contributed by atoms with E-state index in [1.807, 2.05) is 31.2 Å². The number of para-hydroxylation sites is 2. The second-order valence-electron chi connectivity index (χ2n) is 5.73. The Bertz CT molecular complexity index is 920. The molecule has 0 amide bonds. The van der Waals surface area contributed by atoms with Crippen molar-refractivity contribution < 1.29 is 0 Å². The number of H-pyrrole nitrogens is 1. The van der Waals surface area contributed by atoms with E-state index in [1.54, 1.807) is 11.3 Å². The Labute approximate surface area is 144 Å². The number of aromatic nitrogens is 3. The predicted molar refractivity (Wildman–Crippen MR) is 101 cm³/mol. The van der Waals surface area contributed by atoms with Gasteiger partial charge in [-0.15, -0.1) is 11.3 Å². The highest BCUT2D eigenvalue weighted by Gasteiger charge is 2.03. The van der Waals surface area contributed by atoms with E-state index in [2.05, 4.69) is 49.9 Å². The Morgan fingerprint density at radius 2 is 1.88 bits per heavy atom. The van der Waals surface area contributed by atoms with E-state index < -0.39 is 0 Å². The van der Waals surface area contributed by atoms with Gasteiger partial charge in [-0.25, -0.2) is 9.97 Å². The van der Waals surface area contributed by atoms with Crippen LogP contribution in [0.2, 0.25) is 0 Å². The van der Waals surface area contributed by atoms with Crippen LogP contribution in [0.1, 0.15) is 10.6 Å². The molecule has 0 bridgehead atoms. The number of hydrogen-bond donors (Lipinski definition) is 2. The van der Waals surface area contributed by atoms with Gasteiger partial charge in [-0.05, 0) is 31.0 Å². The molecule has 0 spiro atoms. The molecule has 0 atom stereocenters. The summed E-state index contributed by atoms with van der Waals surface area (Å²) in [6.45, 7) is 2.88. The third-order valence-electron chi connectivity index (χ3n) is 3.96. The first-order valence-electron chi connectivity index (χ1n) is 7.98. The van der Waals surface area contributed by atoms with Crippen molar-refractivity contribution in [3.63, 3.8) is 0 Å². The Hall–Kier alpha value is -2.66. The molecule has 0 aliphatic heterocycles. The van der Waals surface area contributed by atoms with Crippen molar-refractivity contribution in [3.05, 3.63) is 64.5 Å². The first kappa shape index (κ1) is 14.9. The molecule has 2 aromatic carbocycles. The summed E-state index contributed by atoms with van der Waals surface area (Å²) in [4.78, 5) is 12.3. The lowest BCUT2D eigenvalue weighted by Crippen LogP contribution is -2.05. The van der Waals surface area contributed by atoms with E-state index in [1.165, 1.54) is 11.1 Å². The van der Waals surface area contributed by atoms with Crippen molar-refractivity contribution in [3.8, 4) is 11.3 Å². The van der Waals surface area contributed by atoms with Gasteiger partial charge in [0, 0.05) is 17.5 Å². The van der Waals surface area contributed by atoms with Gasteiger partial charge in [0.05, 0.1) is 21.7 Å². The molecule has 4 nitrogen and oxygen atoms in total. The van der Waals surface area contributed by atoms with Crippen LogP contribution in [0.5, 0.6) is 0 Å². The van der Waals surface area contributed by atoms with E-state index in [-0.39, 0.29) is 0 Å². The number of aryl methyl sites for hydroxylation is 1. The van der Waals surface area contributed by atoms with Gasteiger partial charge in [0.2, 0.25) is 5.95 Å². The predicted octanol–water partition coefficient (Wildman–Crippen LogP) is 4.65. The Morgan fingerprint density at radius 1 is 1.04 bits per heavy atom. The molecule has 2 heterocycles. The largest absolute Gasteiger partial charge is 0.355 e. The lowest BCUT2D eigenvalue weighted by atomic mass is 10.1. The van der Waals surface area contributed by atoms with E-state index in [4.69, 9.17) is 0 Å². The second kappa shape index (κ2) is 6.45. The molecule has 120 valence electrons. The zero-order valence-corrected chi connectivity index (χ0v) is 14.2. The minimum atomic E-state index is 0.825. The van der Waals surface area contributed by atoms with Crippen molar-refractivity contribution in [2.24, 2.45) is 0 Å². The van der Waals surface area contributed by atoms with Gasteiger partial charge < -0.3 is 10.3 Å². The summed E-state index contributed by atoms with van der Waals surface area (Å²) in [6, 6.07) is 16.7. The van der Waals surface area contributed by atoms with Gasteiger partial charge in [-0.3, -0.25) is 0 Å². The molecule has 24 heavy (non-hydrogen) atoms. The van der Waals surface area contributed by atoms with Crippen LogP contribution < -0.4 is 5.32 Å². The maximum atomic E-state index is 4.53. The van der Waals surface area contributed by atoms with Crippen LogP contribution in [0.4, 0.5) is 5.95 Å². The van der Waals surface area contributed by atoms with Crippen LogP contribution >= 0.6 is 11.3 Å². The van der Waals surface area contributed by atoms with E-state index in [0.717, 1.165) is 40.6 Å². The van der Waals surface area contributed by atoms with E-state index in [0.29, 0.717) is 0 Å². The second-order valence-corrected chi connectivity index (χ2v) is 6.79. The Kier molecular flexibility index (Phi) is 4.01. The normalized spacial score (nSPS) is 11.0. The summed E-state index contributed by atoms with van der Waals surface area (Å²) in [5.74, 6) is 0.825.